The predicted molar refractivity (Wildman–Crippen MR) is 92.3 cm³/mol. The largest absolute Gasteiger partial charge is 0.488 e. The molecule has 0 unspecified atom stereocenters. The summed E-state index contributed by atoms with van der Waals surface area (Å²) in [6.45, 7) is 5.67. The van der Waals surface area contributed by atoms with Crippen molar-refractivity contribution in [1.29, 1.82) is 0 Å². The number of para-hydroxylation sites is 1. The van der Waals surface area contributed by atoms with Gasteiger partial charge in [0.15, 0.2) is 0 Å². The molecular weight excluding hydrogens is 304 g/mol. The van der Waals surface area contributed by atoms with E-state index < -0.39 is 11.3 Å². The standard InChI is InChI=1S/C19H22N2O3/c1-19(2,3)18(23)21-20-17(22)15-11-7-8-12-16(15)24-13-14-9-5-4-6-10-14/h4-12H,13H2,1-3H3,(H,20,22)(H,21,23). The Morgan fingerprint density at radius 3 is 2.21 bits per heavy atom. The molecule has 2 rings (SSSR count). The fourth-order valence-corrected chi connectivity index (χ4v) is 1.88. The van der Waals surface area contributed by atoms with E-state index in [0.717, 1.165) is 5.56 Å². The fraction of sp³-hybridized carbons (Fsp3) is 0.263. The summed E-state index contributed by atoms with van der Waals surface area (Å²) >= 11 is 0. The van der Waals surface area contributed by atoms with E-state index in [2.05, 4.69) is 10.9 Å². The molecule has 0 saturated heterocycles. The number of hydrogen-bond acceptors (Lipinski definition) is 3. The highest BCUT2D eigenvalue weighted by molar-refractivity contribution is 5.98. The van der Waals surface area contributed by atoms with Gasteiger partial charge in [-0.2, -0.15) is 0 Å². The second-order valence-electron chi connectivity index (χ2n) is 6.43. The minimum atomic E-state index is -0.587. The Bertz CT molecular complexity index is 706. The molecule has 0 aliphatic carbocycles. The Kier molecular flexibility index (Phi) is 5.58. The number of hydrogen-bond donors (Lipinski definition) is 2. The van der Waals surface area contributed by atoms with Crippen molar-refractivity contribution in [3.05, 3.63) is 65.7 Å². The van der Waals surface area contributed by atoms with E-state index >= 15 is 0 Å². The average Bonchev–Trinajstić information content (AvgIpc) is 2.58. The summed E-state index contributed by atoms with van der Waals surface area (Å²) in [6.07, 6.45) is 0. The fourth-order valence-electron chi connectivity index (χ4n) is 1.88. The van der Waals surface area contributed by atoms with Crippen molar-refractivity contribution in [2.45, 2.75) is 27.4 Å². The minimum absolute atomic E-state index is 0.265. The molecule has 0 fully saturated rings. The first-order chi connectivity index (χ1) is 11.4. The number of ether oxygens (including phenoxy) is 1. The van der Waals surface area contributed by atoms with Crippen LogP contribution in [0.15, 0.2) is 54.6 Å². The van der Waals surface area contributed by atoms with Gasteiger partial charge in [-0.05, 0) is 17.7 Å². The molecule has 5 heteroatoms. The van der Waals surface area contributed by atoms with Crippen molar-refractivity contribution in [3.8, 4) is 5.75 Å². The van der Waals surface area contributed by atoms with Gasteiger partial charge in [-0.25, -0.2) is 0 Å². The van der Waals surface area contributed by atoms with Gasteiger partial charge in [0, 0.05) is 5.41 Å². The van der Waals surface area contributed by atoms with Crippen LogP contribution in [0.5, 0.6) is 5.75 Å². The van der Waals surface area contributed by atoms with Gasteiger partial charge in [-0.1, -0.05) is 63.2 Å². The van der Waals surface area contributed by atoms with Crippen LogP contribution in [0.2, 0.25) is 0 Å². The van der Waals surface area contributed by atoms with Gasteiger partial charge in [0.2, 0.25) is 5.91 Å². The van der Waals surface area contributed by atoms with Crippen LogP contribution in [0.25, 0.3) is 0 Å². The van der Waals surface area contributed by atoms with Crippen molar-refractivity contribution in [2.24, 2.45) is 5.41 Å². The zero-order valence-electron chi connectivity index (χ0n) is 14.1. The molecule has 126 valence electrons. The van der Waals surface area contributed by atoms with Crippen molar-refractivity contribution < 1.29 is 14.3 Å². The highest BCUT2D eigenvalue weighted by Crippen LogP contribution is 2.19. The van der Waals surface area contributed by atoms with Gasteiger partial charge in [0.1, 0.15) is 12.4 Å². The maximum Gasteiger partial charge on any atom is 0.273 e. The van der Waals surface area contributed by atoms with Gasteiger partial charge in [0.05, 0.1) is 5.56 Å². The lowest BCUT2D eigenvalue weighted by Gasteiger charge is -2.18. The average molecular weight is 326 g/mol. The van der Waals surface area contributed by atoms with Crippen molar-refractivity contribution in [3.63, 3.8) is 0 Å². The van der Waals surface area contributed by atoms with E-state index in [1.54, 1.807) is 45.0 Å². The van der Waals surface area contributed by atoms with E-state index in [9.17, 15) is 9.59 Å². The Labute approximate surface area is 142 Å². The monoisotopic (exact) mass is 326 g/mol. The first kappa shape index (κ1) is 17.5. The molecular formula is C19H22N2O3. The first-order valence-corrected chi connectivity index (χ1v) is 7.74. The second kappa shape index (κ2) is 7.64. The van der Waals surface area contributed by atoms with Crippen LogP contribution in [-0.4, -0.2) is 11.8 Å². The molecule has 2 N–H and O–H groups in total. The van der Waals surface area contributed by atoms with Gasteiger partial charge in [-0.15, -0.1) is 0 Å². The molecule has 0 aromatic heterocycles. The van der Waals surface area contributed by atoms with E-state index in [1.165, 1.54) is 0 Å². The van der Waals surface area contributed by atoms with Crippen LogP contribution < -0.4 is 15.6 Å². The lowest BCUT2D eigenvalue weighted by Crippen LogP contribution is -2.46. The topological polar surface area (TPSA) is 67.4 Å². The normalized spacial score (nSPS) is 10.8. The molecule has 0 bridgehead atoms. The van der Waals surface area contributed by atoms with Crippen LogP contribution in [-0.2, 0) is 11.4 Å². The third-order valence-electron chi connectivity index (χ3n) is 3.34. The molecule has 24 heavy (non-hydrogen) atoms. The summed E-state index contributed by atoms with van der Waals surface area (Å²) in [6, 6.07) is 16.6. The molecule has 0 radical (unpaired) electrons. The van der Waals surface area contributed by atoms with Gasteiger partial charge in [-0.3, -0.25) is 20.4 Å². The van der Waals surface area contributed by atoms with Crippen molar-refractivity contribution in [1.82, 2.24) is 10.9 Å². The molecule has 0 spiro atoms. The number of carbonyl (C=O) groups is 2. The third-order valence-corrected chi connectivity index (χ3v) is 3.34. The number of amides is 2. The summed E-state index contributed by atoms with van der Waals surface area (Å²) in [7, 11) is 0. The quantitative estimate of drug-likeness (QED) is 0.849. The van der Waals surface area contributed by atoms with Crippen LogP contribution in [0, 0.1) is 5.41 Å². The van der Waals surface area contributed by atoms with Crippen molar-refractivity contribution in [2.75, 3.05) is 0 Å². The van der Waals surface area contributed by atoms with Gasteiger partial charge in [0.25, 0.3) is 5.91 Å². The van der Waals surface area contributed by atoms with Gasteiger partial charge < -0.3 is 4.74 Å². The molecule has 0 heterocycles. The van der Waals surface area contributed by atoms with Crippen LogP contribution >= 0.6 is 0 Å². The maximum atomic E-state index is 12.3. The summed E-state index contributed by atoms with van der Waals surface area (Å²) in [5.41, 5.74) is 5.64. The molecule has 0 atom stereocenters. The molecule has 5 nitrogen and oxygen atoms in total. The maximum absolute atomic E-state index is 12.3. The van der Waals surface area contributed by atoms with E-state index in [1.807, 2.05) is 30.3 Å². The first-order valence-electron chi connectivity index (χ1n) is 7.74. The number of carbonyl (C=O) groups excluding carboxylic acids is 2. The zero-order chi connectivity index (χ0) is 17.6. The van der Waals surface area contributed by atoms with E-state index in [-0.39, 0.29) is 5.91 Å². The second-order valence-corrected chi connectivity index (χ2v) is 6.43. The van der Waals surface area contributed by atoms with Crippen LogP contribution in [0.1, 0.15) is 36.7 Å². The third kappa shape index (κ3) is 4.84. The van der Waals surface area contributed by atoms with Gasteiger partial charge >= 0.3 is 0 Å². The van der Waals surface area contributed by atoms with E-state index in [4.69, 9.17) is 4.74 Å². The summed E-state index contributed by atoms with van der Waals surface area (Å²) < 4.78 is 5.74. The van der Waals surface area contributed by atoms with E-state index in [0.29, 0.717) is 17.9 Å². The smallest absolute Gasteiger partial charge is 0.273 e. The Morgan fingerprint density at radius 1 is 0.917 bits per heavy atom. The highest BCUT2D eigenvalue weighted by atomic mass is 16.5. The summed E-state index contributed by atoms with van der Waals surface area (Å²) in [4.78, 5) is 24.1. The Hall–Kier alpha value is -2.82. The zero-order valence-corrected chi connectivity index (χ0v) is 14.1. The predicted octanol–water partition coefficient (Wildman–Crippen LogP) is 3.07. The Morgan fingerprint density at radius 2 is 1.54 bits per heavy atom. The van der Waals surface area contributed by atoms with Crippen LogP contribution in [0.4, 0.5) is 0 Å². The number of nitrogens with one attached hydrogen (secondary N) is 2. The van der Waals surface area contributed by atoms with Crippen molar-refractivity contribution >= 4 is 11.8 Å². The lowest BCUT2D eigenvalue weighted by atomic mass is 9.96. The number of hydrazine groups is 1. The molecule has 0 saturated carbocycles. The Balaban J connectivity index is 2.02. The SMILES string of the molecule is CC(C)(C)C(=O)NNC(=O)c1ccccc1OCc1ccccc1. The number of benzene rings is 2. The number of rotatable bonds is 4. The molecule has 0 aliphatic rings. The molecule has 2 aromatic rings. The highest BCUT2D eigenvalue weighted by Gasteiger charge is 2.22. The van der Waals surface area contributed by atoms with Crippen LogP contribution in [0.3, 0.4) is 0 Å². The minimum Gasteiger partial charge on any atom is -0.488 e. The molecule has 2 aromatic carbocycles. The summed E-state index contributed by atoms with van der Waals surface area (Å²) in [5, 5.41) is 0. The molecule has 0 aliphatic heterocycles. The lowest BCUT2D eigenvalue weighted by molar-refractivity contribution is -0.129. The summed E-state index contributed by atoms with van der Waals surface area (Å²) in [5.74, 6) is -0.223. The molecule has 2 amide bonds.